The zero-order chi connectivity index (χ0) is 13.3. The van der Waals surface area contributed by atoms with Gasteiger partial charge in [-0.2, -0.15) is 5.10 Å². The average molecular weight is 249 g/mol. The van der Waals surface area contributed by atoms with Gasteiger partial charge in [-0.3, -0.25) is 9.48 Å². The van der Waals surface area contributed by atoms with Gasteiger partial charge in [-0.05, 0) is 13.0 Å². The highest BCUT2D eigenvalue weighted by molar-refractivity contribution is 6.01. The summed E-state index contributed by atoms with van der Waals surface area (Å²) in [5.74, 6) is -0.194. The van der Waals surface area contributed by atoms with Crippen molar-refractivity contribution in [2.24, 2.45) is 7.05 Å². The van der Waals surface area contributed by atoms with Crippen LogP contribution >= 0.6 is 0 Å². The Kier molecular flexibility index (Phi) is 3.15. The van der Waals surface area contributed by atoms with Gasteiger partial charge in [0.15, 0.2) is 5.65 Å². The lowest BCUT2D eigenvalue weighted by atomic mass is 10.2. The molecule has 0 atom stereocenters. The molecule has 2 heterocycles. The number of hydrogen-bond acceptors (Lipinski definition) is 5. The van der Waals surface area contributed by atoms with Crippen LogP contribution < -0.4 is 11.1 Å². The molecule has 0 saturated heterocycles. The molecular weight excluding hydrogens is 234 g/mol. The Bertz CT molecular complexity index is 605. The van der Waals surface area contributed by atoms with Crippen LogP contribution in [0.3, 0.4) is 0 Å². The van der Waals surface area contributed by atoms with Crippen LogP contribution in [0.1, 0.15) is 16.1 Å². The fourth-order valence-electron chi connectivity index (χ4n) is 1.80. The molecular formula is C11H15N5O2. The third-order valence-electron chi connectivity index (χ3n) is 2.67. The van der Waals surface area contributed by atoms with Crippen molar-refractivity contribution in [3.05, 3.63) is 17.3 Å². The normalized spacial score (nSPS) is 10.8. The Morgan fingerprint density at radius 2 is 2.33 bits per heavy atom. The summed E-state index contributed by atoms with van der Waals surface area (Å²) >= 11 is 0. The lowest BCUT2D eigenvalue weighted by Gasteiger charge is -2.06. The van der Waals surface area contributed by atoms with Crippen LogP contribution in [0.25, 0.3) is 11.0 Å². The maximum atomic E-state index is 11.8. The topological polar surface area (TPSA) is 106 Å². The number of aliphatic hydroxyl groups excluding tert-OH is 1. The minimum Gasteiger partial charge on any atom is -0.395 e. The van der Waals surface area contributed by atoms with Crippen molar-refractivity contribution in [1.82, 2.24) is 20.1 Å². The van der Waals surface area contributed by atoms with Crippen LogP contribution in [0.4, 0.5) is 5.82 Å². The Morgan fingerprint density at radius 3 is 3.00 bits per heavy atom. The molecule has 2 rings (SSSR count). The van der Waals surface area contributed by atoms with Crippen molar-refractivity contribution in [3.63, 3.8) is 0 Å². The maximum absolute atomic E-state index is 11.8. The summed E-state index contributed by atoms with van der Waals surface area (Å²) in [6.07, 6.45) is 0. The molecule has 0 radical (unpaired) electrons. The number of carbonyl (C=O) groups excluding carboxylic acids is 1. The molecule has 0 aliphatic rings. The van der Waals surface area contributed by atoms with E-state index < -0.39 is 0 Å². The number of nitrogen functional groups attached to an aromatic ring is 1. The number of aliphatic hydroxyl groups is 1. The average Bonchev–Trinajstić information content (AvgIpc) is 2.60. The van der Waals surface area contributed by atoms with Gasteiger partial charge in [0.05, 0.1) is 17.9 Å². The highest BCUT2D eigenvalue weighted by Gasteiger charge is 2.15. The first-order valence-electron chi connectivity index (χ1n) is 5.53. The van der Waals surface area contributed by atoms with Crippen molar-refractivity contribution < 1.29 is 9.90 Å². The van der Waals surface area contributed by atoms with Crippen molar-refractivity contribution in [2.75, 3.05) is 18.9 Å². The fraction of sp³-hybridized carbons (Fsp3) is 0.364. The second-order valence-corrected chi connectivity index (χ2v) is 3.98. The fourth-order valence-corrected chi connectivity index (χ4v) is 1.80. The minimum absolute atomic E-state index is 0.118. The van der Waals surface area contributed by atoms with Gasteiger partial charge in [0, 0.05) is 19.0 Å². The van der Waals surface area contributed by atoms with Gasteiger partial charge >= 0.3 is 0 Å². The molecule has 4 N–H and O–H groups in total. The molecule has 0 saturated carbocycles. The molecule has 1 amide bonds. The number of aryl methyl sites for hydroxylation is 2. The number of fused-ring (bicyclic) bond motifs is 1. The molecule has 0 aromatic carbocycles. The van der Waals surface area contributed by atoms with Gasteiger partial charge in [0.25, 0.3) is 5.91 Å². The zero-order valence-corrected chi connectivity index (χ0v) is 10.3. The Hall–Kier alpha value is -2.15. The van der Waals surface area contributed by atoms with Crippen molar-refractivity contribution in [2.45, 2.75) is 6.92 Å². The highest BCUT2D eigenvalue weighted by atomic mass is 16.3. The van der Waals surface area contributed by atoms with Crippen LogP contribution in [0.2, 0.25) is 0 Å². The molecule has 7 nitrogen and oxygen atoms in total. The number of aromatic nitrogens is 3. The summed E-state index contributed by atoms with van der Waals surface area (Å²) < 4.78 is 1.62. The second-order valence-electron chi connectivity index (χ2n) is 3.98. The number of rotatable bonds is 3. The molecule has 18 heavy (non-hydrogen) atoms. The smallest absolute Gasteiger partial charge is 0.255 e. The van der Waals surface area contributed by atoms with E-state index in [1.165, 1.54) is 0 Å². The molecule has 2 aromatic rings. The van der Waals surface area contributed by atoms with E-state index in [9.17, 15) is 4.79 Å². The number of pyridine rings is 1. The van der Waals surface area contributed by atoms with E-state index in [-0.39, 0.29) is 24.9 Å². The number of hydrogen-bond donors (Lipinski definition) is 3. The van der Waals surface area contributed by atoms with Gasteiger partial charge in [0.2, 0.25) is 0 Å². The third-order valence-corrected chi connectivity index (χ3v) is 2.67. The van der Waals surface area contributed by atoms with Crippen LogP contribution in [-0.4, -0.2) is 38.9 Å². The number of nitrogens with one attached hydrogen (secondary N) is 1. The SMILES string of the molecule is Cc1nn(C)c2nc(N)c(C(=O)NCCO)cc12. The van der Waals surface area contributed by atoms with E-state index in [1.54, 1.807) is 17.8 Å². The zero-order valence-electron chi connectivity index (χ0n) is 10.3. The van der Waals surface area contributed by atoms with Crippen LogP contribution in [-0.2, 0) is 7.05 Å². The Morgan fingerprint density at radius 1 is 1.61 bits per heavy atom. The first-order chi connectivity index (χ1) is 8.54. The standard InChI is InChI=1S/C11H15N5O2/c1-6-7-5-8(11(18)13-3-4-17)9(12)14-10(7)16(2)15-6/h5,17H,3-4H2,1-2H3,(H2,12,14)(H,13,18). The van der Waals surface area contributed by atoms with Gasteiger partial charge in [-0.15, -0.1) is 0 Å². The Balaban J connectivity index is 2.49. The molecule has 2 aromatic heterocycles. The number of carbonyl (C=O) groups is 1. The van der Waals surface area contributed by atoms with Crippen LogP contribution in [0.5, 0.6) is 0 Å². The molecule has 0 spiro atoms. The summed E-state index contributed by atoms with van der Waals surface area (Å²) in [4.78, 5) is 16.0. The van der Waals surface area contributed by atoms with E-state index in [4.69, 9.17) is 10.8 Å². The van der Waals surface area contributed by atoms with Gasteiger partial charge in [0.1, 0.15) is 5.82 Å². The number of nitrogens with two attached hydrogens (primary N) is 1. The molecule has 0 aliphatic heterocycles. The summed E-state index contributed by atoms with van der Waals surface area (Å²) in [7, 11) is 1.77. The Labute approximate surface area is 104 Å². The maximum Gasteiger partial charge on any atom is 0.255 e. The predicted molar refractivity (Wildman–Crippen MR) is 67.1 cm³/mol. The molecule has 0 bridgehead atoms. The quantitative estimate of drug-likeness (QED) is 0.685. The van der Waals surface area contributed by atoms with E-state index in [0.717, 1.165) is 11.1 Å². The summed E-state index contributed by atoms with van der Waals surface area (Å²) in [6.45, 7) is 1.91. The molecule has 0 aliphatic carbocycles. The van der Waals surface area contributed by atoms with Gasteiger partial charge < -0.3 is 16.2 Å². The van der Waals surface area contributed by atoms with E-state index in [2.05, 4.69) is 15.4 Å². The molecule has 7 heteroatoms. The largest absolute Gasteiger partial charge is 0.395 e. The lowest BCUT2D eigenvalue weighted by Crippen LogP contribution is -2.27. The summed E-state index contributed by atoms with van der Waals surface area (Å²) in [5.41, 5.74) is 7.49. The first-order valence-corrected chi connectivity index (χ1v) is 5.53. The highest BCUT2D eigenvalue weighted by Crippen LogP contribution is 2.20. The number of nitrogens with zero attached hydrogens (tertiary/aromatic N) is 3. The first kappa shape index (κ1) is 12.3. The van der Waals surface area contributed by atoms with E-state index >= 15 is 0 Å². The van der Waals surface area contributed by atoms with Crippen LogP contribution in [0, 0.1) is 6.92 Å². The van der Waals surface area contributed by atoms with E-state index in [0.29, 0.717) is 11.2 Å². The molecule has 96 valence electrons. The minimum atomic E-state index is -0.348. The van der Waals surface area contributed by atoms with Crippen molar-refractivity contribution in [3.8, 4) is 0 Å². The van der Waals surface area contributed by atoms with Crippen LogP contribution in [0.15, 0.2) is 6.07 Å². The van der Waals surface area contributed by atoms with E-state index in [1.807, 2.05) is 6.92 Å². The predicted octanol–water partition coefficient (Wildman–Crippen LogP) is -0.419. The van der Waals surface area contributed by atoms with Gasteiger partial charge in [-0.1, -0.05) is 0 Å². The molecule has 0 unspecified atom stereocenters. The lowest BCUT2D eigenvalue weighted by molar-refractivity contribution is 0.0945. The second kappa shape index (κ2) is 4.61. The number of amides is 1. The van der Waals surface area contributed by atoms with Crippen molar-refractivity contribution >= 4 is 22.8 Å². The number of anilines is 1. The monoisotopic (exact) mass is 249 g/mol. The van der Waals surface area contributed by atoms with Crippen molar-refractivity contribution in [1.29, 1.82) is 0 Å². The summed E-state index contributed by atoms with van der Waals surface area (Å²) in [5, 5.41) is 16.2. The molecule has 0 fully saturated rings. The van der Waals surface area contributed by atoms with Gasteiger partial charge in [-0.25, -0.2) is 4.98 Å². The summed E-state index contributed by atoms with van der Waals surface area (Å²) in [6, 6.07) is 1.67. The third kappa shape index (κ3) is 2.00.